The molecule has 2 aliphatic rings. The van der Waals surface area contributed by atoms with Crippen LogP contribution in [0.3, 0.4) is 0 Å². The van der Waals surface area contributed by atoms with E-state index in [0.717, 1.165) is 53.1 Å². The summed E-state index contributed by atoms with van der Waals surface area (Å²) in [4.78, 5) is 20.8. The van der Waals surface area contributed by atoms with Gasteiger partial charge in [0.25, 0.3) is 0 Å². The summed E-state index contributed by atoms with van der Waals surface area (Å²) < 4.78 is 6.27. The molecule has 5 rings (SSSR count). The molecular weight excluding hydrogens is 400 g/mol. The molecule has 0 spiro atoms. The molecule has 3 aromatic rings. The van der Waals surface area contributed by atoms with Gasteiger partial charge in [-0.05, 0) is 45.1 Å². The van der Waals surface area contributed by atoms with Crippen LogP contribution in [-0.4, -0.2) is 21.2 Å². The minimum atomic E-state index is -1.09. The van der Waals surface area contributed by atoms with Crippen molar-refractivity contribution < 1.29 is 14.3 Å². The number of amides is 1. The van der Waals surface area contributed by atoms with E-state index in [-0.39, 0.29) is 5.92 Å². The Labute approximate surface area is 177 Å². The lowest BCUT2D eigenvalue weighted by Crippen LogP contribution is -2.23. The van der Waals surface area contributed by atoms with Crippen LogP contribution < -0.4 is 5.32 Å². The Hall–Kier alpha value is -3.18. The predicted octanol–water partition coefficient (Wildman–Crippen LogP) is 5.35. The van der Waals surface area contributed by atoms with E-state index in [1.807, 2.05) is 25.3 Å². The van der Waals surface area contributed by atoms with Gasteiger partial charge in [0.15, 0.2) is 11.5 Å². The van der Waals surface area contributed by atoms with Crippen molar-refractivity contribution in [2.75, 3.05) is 0 Å². The Morgan fingerprint density at radius 2 is 2.13 bits per heavy atom. The van der Waals surface area contributed by atoms with Crippen LogP contribution >= 0.6 is 11.3 Å². The standard InChI is InChI=1S/C22H20N4O3S/c1-10-14(8-23)19-20(29-21(26-19)12-6-7-12)18(17(10)16-9-30-11(2)24-16)13-4-3-5-15(13)25-22(27)28/h5,9,12-13,25H,3-4,6-7H2,1-2H3,(H,27,28). The molecule has 0 saturated heterocycles. The Kier molecular flexibility index (Phi) is 4.36. The zero-order valence-corrected chi connectivity index (χ0v) is 17.5. The van der Waals surface area contributed by atoms with E-state index in [2.05, 4.69) is 16.4 Å². The highest BCUT2D eigenvalue weighted by atomic mass is 32.1. The molecule has 1 atom stereocenters. The Morgan fingerprint density at radius 3 is 2.77 bits per heavy atom. The Balaban J connectivity index is 1.83. The molecule has 2 aliphatic carbocycles. The van der Waals surface area contributed by atoms with E-state index in [9.17, 15) is 15.2 Å². The molecule has 1 unspecified atom stereocenters. The van der Waals surface area contributed by atoms with Crippen molar-refractivity contribution in [2.24, 2.45) is 0 Å². The summed E-state index contributed by atoms with van der Waals surface area (Å²) in [6, 6.07) is 2.32. The molecule has 8 heteroatoms. The second-order valence-electron chi connectivity index (χ2n) is 7.88. The number of hydrogen-bond donors (Lipinski definition) is 2. The first-order chi connectivity index (χ1) is 14.5. The van der Waals surface area contributed by atoms with E-state index >= 15 is 0 Å². The molecule has 1 amide bonds. The zero-order chi connectivity index (χ0) is 21.0. The number of thiazole rings is 1. The molecule has 0 radical (unpaired) electrons. The highest BCUT2D eigenvalue weighted by Gasteiger charge is 2.35. The fourth-order valence-corrected chi connectivity index (χ4v) is 4.96. The van der Waals surface area contributed by atoms with Gasteiger partial charge in [0.2, 0.25) is 0 Å². The summed E-state index contributed by atoms with van der Waals surface area (Å²) in [5, 5.41) is 24.7. The summed E-state index contributed by atoms with van der Waals surface area (Å²) in [7, 11) is 0. The number of nitrogens with one attached hydrogen (secondary N) is 1. The number of benzene rings is 1. The van der Waals surface area contributed by atoms with E-state index in [0.29, 0.717) is 34.2 Å². The van der Waals surface area contributed by atoms with Gasteiger partial charge in [-0.25, -0.2) is 14.8 Å². The summed E-state index contributed by atoms with van der Waals surface area (Å²) in [5.41, 5.74) is 5.63. The second kappa shape index (κ2) is 6.96. The minimum absolute atomic E-state index is 0.188. The van der Waals surface area contributed by atoms with Crippen molar-refractivity contribution in [3.63, 3.8) is 0 Å². The Morgan fingerprint density at radius 1 is 1.33 bits per heavy atom. The summed E-state index contributed by atoms with van der Waals surface area (Å²) >= 11 is 1.54. The number of nitriles is 1. The second-order valence-corrected chi connectivity index (χ2v) is 8.94. The lowest BCUT2D eigenvalue weighted by atomic mass is 9.85. The van der Waals surface area contributed by atoms with Gasteiger partial charge in [-0.15, -0.1) is 11.3 Å². The molecule has 2 heterocycles. The molecule has 1 fully saturated rings. The number of rotatable bonds is 4. The maximum Gasteiger partial charge on any atom is 0.408 e. The van der Waals surface area contributed by atoms with Crippen LogP contribution in [0, 0.1) is 25.2 Å². The minimum Gasteiger partial charge on any atom is -0.465 e. The van der Waals surface area contributed by atoms with Crippen LogP contribution in [0.4, 0.5) is 4.79 Å². The van der Waals surface area contributed by atoms with E-state index in [4.69, 9.17) is 9.40 Å². The van der Waals surface area contributed by atoms with Crippen LogP contribution in [0.1, 0.15) is 65.1 Å². The maximum absolute atomic E-state index is 11.4. The van der Waals surface area contributed by atoms with Gasteiger partial charge in [0.1, 0.15) is 11.6 Å². The number of hydrogen-bond acceptors (Lipinski definition) is 6. The average Bonchev–Trinajstić information content (AvgIpc) is 3.07. The SMILES string of the molecule is Cc1nc(-c2c(C)c(C#N)c3nc(C4CC4)oc3c2C2CCC=C2NC(=O)O)cs1. The van der Waals surface area contributed by atoms with Crippen LogP contribution in [-0.2, 0) is 0 Å². The first-order valence-corrected chi connectivity index (χ1v) is 10.8. The molecule has 2 N–H and O–H groups in total. The average molecular weight is 420 g/mol. The number of carboxylic acid groups (broad SMARTS) is 1. The van der Waals surface area contributed by atoms with Gasteiger partial charge in [0, 0.05) is 34.0 Å². The summed E-state index contributed by atoms with van der Waals surface area (Å²) in [5.74, 6) is 0.785. The van der Waals surface area contributed by atoms with Crippen LogP contribution in [0.2, 0.25) is 0 Å². The van der Waals surface area contributed by atoms with Gasteiger partial charge in [-0.3, -0.25) is 5.32 Å². The van der Waals surface area contributed by atoms with E-state index < -0.39 is 6.09 Å². The van der Waals surface area contributed by atoms with Crippen LogP contribution in [0.15, 0.2) is 21.6 Å². The lowest BCUT2D eigenvalue weighted by Gasteiger charge is -2.21. The molecule has 2 aromatic heterocycles. The van der Waals surface area contributed by atoms with Crippen molar-refractivity contribution in [2.45, 2.75) is 51.4 Å². The van der Waals surface area contributed by atoms with Crippen molar-refractivity contribution >= 4 is 28.5 Å². The van der Waals surface area contributed by atoms with Crippen molar-refractivity contribution in [3.05, 3.63) is 44.7 Å². The van der Waals surface area contributed by atoms with Gasteiger partial charge in [-0.2, -0.15) is 5.26 Å². The fourth-order valence-electron chi connectivity index (χ4n) is 4.35. The quantitative estimate of drug-likeness (QED) is 0.589. The maximum atomic E-state index is 11.4. The monoisotopic (exact) mass is 420 g/mol. The molecule has 152 valence electrons. The number of nitrogens with zero attached hydrogens (tertiary/aromatic N) is 3. The third kappa shape index (κ3) is 2.97. The van der Waals surface area contributed by atoms with Crippen molar-refractivity contribution in [3.8, 4) is 17.3 Å². The van der Waals surface area contributed by atoms with E-state index in [1.165, 1.54) is 0 Å². The van der Waals surface area contributed by atoms with Crippen molar-refractivity contribution in [1.29, 1.82) is 5.26 Å². The largest absolute Gasteiger partial charge is 0.465 e. The van der Waals surface area contributed by atoms with E-state index in [1.54, 1.807) is 11.3 Å². The highest BCUT2D eigenvalue weighted by Crippen LogP contribution is 2.48. The molecule has 1 saturated carbocycles. The van der Waals surface area contributed by atoms with Crippen LogP contribution in [0.25, 0.3) is 22.4 Å². The predicted molar refractivity (Wildman–Crippen MR) is 112 cm³/mol. The molecule has 0 bridgehead atoms. The van der Waals surface area contributed by atoms with Gasteiger partial charge in [0.05, 0.1) is 16.3 Å². The number of oxazole rings is 1. The summed E-state index contributed by atoms with van der Waals surface area (Å²) in [6.45, 7) is 3.86. The molecule has 0 aliphatic heterocycles. The molecule has 1 aromatic carbocycles. The molecule has 7 nitrogen and oxygen atoms in total. The first-order valence-electron chi connectivity index (χ1n) is 9.97. The molecular formula is C22H20N4O3S. The third-order valence-corrected chi connectivity index (χ3v) is 6.63. The van der Waals surface area contributed by atoms with Gasteiger partial charge < -0.3 is 9.52 Å². The summed E-state index contributed by atoms with van der Waals surface area (Å²) in [6.07, 6.45) is 4.43. The molecule has 30 heavy (non-hydrogen) atoms. The zero-order valence-electron chi connectivity index (χ0n) is 16.7. The smallest absolute Gasteiger partial charge is 0.408 e. The lowest BCUT2D eigenvalue weighted by molar-refractivity contribution is 0.197. The topological polar surface area (TPSA) is 112 Å². The van der Waals surface area contributed by atoms with Crippen molar-refractivity contribution in [1.82, 2.24) is 15.3 Å². The Bertz CT molecular complexity index is 1260. The normalized spacial score (nSPS) is 18.4. The number of aryl methyl sites for hydroxylation is 1. The van der Waals surface area contributed by atoms with Gasteiger partial charge in [-0.1, -0.05) is 6.08 Å². The first kappa shape index (κ1) is 18.8. The van der Waals surface area contributed by atoms with Gasteiger partial charge >= 0.3 is 6.09 Å². The highest BCUT2D eigenvalue weighted by molar-refractivity contribution is 7.09. The third-order valence-electron chi connectivity index (χ3n) is 5.85. The number of fused-ring (bicyclic) bond motifs is 1. The number of aromatic nitrogens is 2. The fraction of sp³-hybridized carbons (Fsp3) is 0.364. The number of carbonyl (C=O) groups is 1. The number of allylic oxidation sites excluding steroid dienone is 2. The van der Waals surface area contributed by atoms with Crippen LogP contribution in [0.5, 0.6) is 0 Å².